The summed E-state index contributed by atoms with van der Waals surface area (Å²) in [4.78, 5) is 40.0. The maximum Gasteiger partial charge on any atom is 0.408 e. The number of hydrogen-bond acceptors (Lipinski definition) is 5. The first-order valence-electron chi connectivity index (χ1n) is 10.7. The van der Waals surface area contributed by atoms with Gasteiger partial charge in [-0.15, -0.1) is 0 Å². The van der Waals surface area contributed by atoms with Gasteiger partial charge in [-0.3, -0.25) is 9.59 Å². The summed E-state index contributed by atoms with van der Waals surface area (Å²) in [5, 5.41) is 2.75. The maximum atomic E-state index is 13.8. The molecular weight excluding hydrogens is 408 g/mol. The number of esters is 1. The van der Waals surface area contributed by atoms with Gasteiger partial charge in [-0.05, 0) is 44.4 Å². The van der Waals surface area contributed by atoms with Gasteiger partial charge in [0.1, 0.15) is 11.6 Å². The SMILES string of the molecule is COC(=O)C[C@H]1Cc2ccccc2N1C(=O)[C@H](Cc1ccccc1)NC(=O)OC(C)(C)C. The molecule has 7 heteroatoms. The van der Waals surface area contributed by atoms with Gasteiger partial charge in [-0.25, -0.2) is 4.79 Å². The summed E-state index contributed by atoms with van der Waals surface area (Å²) in [5.74, 6) is -0.682. The Balaban J connectivity index is 1.91. The van der Waals surface area contributed by atoms with Crippen molar-refractivity contribution < 1.29 is 23.9 Å². The molecule has 1 aliphatic heterocycles. The van der Waals surface area contributed by atoms with Crippen LogP contribution in [-0.2, 0) is 31.9 Å². The molecule has 2 atom stereocenters. The first-order valence-corrected chi connectivity index (χ1v) is 10.7. The summed E-state index contributed by atoms with van der Waals surface area (Å²) >= 11 is 0. The average Bonchev–Trinajstić information content (AvgIpc) is 3.09. The number of hydrogen-bond donors (Lipinski definition) is 1. The van der Waals surface area contributed by atoms with Gasteiger partial charge in [-0.1, -0.05) is 48.5 Å². The van der Waals surface area contributed by atoms with Crippen molar-refractivity contribution in [3.63, 3.8) is 0 Å². The Labute approximate surface area is 188 Å². The van der Waals surface area contributed by atoms with Crippen LogP contribution in [0.15, 0.2) is 54.6 Å². The Kier molecular flexibility index (Phi) is 7.18. The van der Waals surface area contributed by atoms with Crippen molar-refractivity contribution in [2.75, 3.05) is 12.0 Å². The second-order valence-corrected chi connectivity index (χ2v) is 8.86. The summed E-state index contributed by atoms with van der Waals surface area (Å²) in [6, 6.07) is 15.8. The van der Waals surface area contributed by atoms with E-state index in [-0.39, 0.29) is 24.3 Å². The van der Waals surface area contributed by atoms with Crippen molar-refractivity contribution in [3.05, 3.63) is 65.7 Å². The molecule has 0 saturated carbocycles. The van der Waals surface area contributed by atoms with Crippen molar-refractivity contribution in [1.82, 2.24) is 5.32 Å². The normalized spacial score (nSPS) is 16.1. The summed E-state index contributed by atoms with van der Waals surface area (Å²) in [6.07, 6.45) is 0.245. The molecule has 0 unspecified atom stereocenters. The highest BCUT2D eigenvalue weighted by molar-refractivity contribution is 6.01. The number of carbonyl (C=O) groups excluding carboxylic acids is 3. The number of para-hydroxylation sites is 1. The minimum Gasteiger partial charge on any atom is -0.469 e. The van der Waals surface area contributed by atoms with E-state index < -0.39 is 17.7 Å². The molecule has 7 nitrogen and oxygen atoms in total. The number of fused-ring (bicyclic) bond motifs is 1. The van der Waals surface area contributed by atoms with E-state index in [0.717, 1.165) is 16.8 Å². The number of methoxy groups -OCH3 is 1. The maximum absolute atomic E-state index is 13.8. The number of ether oxygens (including phenoxy) is 2. The number of anilines is 1. The summed E-state index contributed by atoms with van der Waals surface area (Å²) in [5.41, 5.74) is 1.93. The number of nitrogens with zero attached hydrogens (tertiary/aromatic N) is 1. The molecule has 2 aromatic carbocycles. The zero-order valence-electron chi connectivity index (χ0n) is 19.0. The van der Waals surface area contributed by atoms with Crippen molar-refractivity contribution in [3.8, 4) is 0 Å². The van der Waals surface area contributed by atoms with Crippen LogP contribution in [0.25, 0.3) is 0 Å². The number of nitrogens with one attached hydrogen (secondary N) is 1. The highest BCUT2D eigenvalue weighted by atomic mass is 16.6. The van der Waals surface area contributed by atoms with Gasteiger partial charge in [0, 0.05) is 12.1 Å². The Morgan fingerprint density at radius 2 is 1.72 bits per heavy atom. The van der Waals surface area contributed by atoms with Crippen LogP contribution in [0.3, 0.4) is 0 Å². The summed E-state index contributed by atoms with van der Waals surface area (Å²) in [7, 11) is 1.33. The molecule has 0 spiro atoms. The van der Waals surface area contributed by atoms with Crippen molar-refractivity contribution in [2.24, 2.45) is 0 Å². The minimum atomic E-state index is -0.862. The lowest BCUT2D eigenvalue weighted by molar-refractivity contribution is -0.141. The molecule has 0 aromatic heterocycles. The number of benzene rings is 2. The highest BCUT2D eigenvalue weighted by Crippen LogP contribution is 2.34. The van der Waals surface area contributed by atoms with Crippen molar-refractivity contribution in [1.29, 1.82) is 0 Å². The molecular formula is C25H30N2O5. The van der Waals surface area contributed by atoms with E-state index in [9.17, 15) is 14.4 Å². The number of carbonyl (C=O) groups is 3. The predicted octanol–water partition coefficient (Wildman–Crippen LogP) is 3.64. The van der Waals surface area contributed by atoms with Gasteiger partial charge in [0.15, 0.2) is 0 Å². The monoisotopic (exact) mass is 438 g/mol. The molecule has 1 aliphatic rings. The van der Waals surface area contributed by atoms with Gasteiger partial charge < -0.3 is 19.7 Å². The molecule has 2 amide bonds. The largest absolute Gasteiger partial charge is 0.469 e. The van der Waals surface area contributed by atoms with Crippen LogP contribution in [0.2, 0.25) is 0 Å². The van der Waals surface area contributed by atoms with E-state index in [4.69, 9.17) is 9.47 Å². The van der Waals surface area contributed by atoms with Gasteiger partial charge in [0.05, 0.1) is 19.6 Å². The second-order valence-electron chi connectivity index (χ2n) is 8.86. The zero-order valence-corrected chi connectivity index (χ0v) is 19.0. The van der Waals surface area contributed by atoms with E-state index in [1.165, 1.54) is 7.11 Å². The number of amides is 2. The standard InChI is InChI=1S/C25H30N2O5/c1-25(2,3)32-24(30)26-20(14-17-10-6-5-7-11-17)23(29)27-19(16-22(28)31-4)15-18-12-8-9-13-21(18)27/h5-13,19-20H,14-16H2,1-4H3,(H,26,30)/t19-,20+/m1/s1. The predicted molar refractivity (Wildman–Crippen MR) is 121 cm³/mol. The molecule has 0 saturated heterocycles. The fourth-order valence-electron chi connectivity index (χ4n) is 3.87. The molecule has 170 valence electrons. The van der Waals surface area contributed by atoms with Crippen LogP contribution in [0, 0.1) is 0 Å². The van der Waals surface area contributed by atoms with Crippen LogP contribution in [0.4, 0.5) is 10.5 Å². The average molecular weight is 439 g/mol. The number of rotatable bonds is 6. The Hall–Kier alpha value is -3.35. The Morgan fingerprint density at radius 3 is 2.38 bits per heavy atom. The number of alkyl carbamates (subject to hydrolysis) is 1. The minimum absolute atomic E-state index is 0.0708. The third kappa shape index (κ3) is 5.87. The third-order valence-corrected chi connectivity index (χ3v) is 5.21. The first-order chi connectivity index (χ1) is 15.2. The van der Waals surface area contributed by atoms with Gasteiger partial charge >= 0.3 is 12.1 Å². The van der Waals surface area contributed by atoms with E-state index in [2.05, 4.69) is 5.32 Å². The molecule has 1 N–H and O–H groups in total. The molecule has 0 bridgehead atoms. The van der Waals surface area contributed by atoms with Gasteiger partial charge in [-0.2, -0.15) is 0 Å². The lowest BCUT2D eigenvalue weighted by Gasteiger charge is -2.30. The van der Waals surface area contributed by atoms with Gasteiger partial charge in [0.25, 0.3) is 0 Å². The topological polar surface area (TPSA) is 84.9 Å². The smallest absolute Gasteiger partial charge is 0.408 e. The quantitative estimate of drug-likeness (QED) is 0.696. The fraction of sp³-hybridized carbons (Fsp3) is 0.400. The van der Waals surface area contributed by atoms with E-state index >= 15 is 0 Å². The van der Waals surface area contributed by atoms with Crippen LogP contribution < -0.4 is 10.2 Å². The third-order valence-electron chi connectivity index (χ3n) is 5.21. The van der Waals surface area contributed by atoms with Crippen molar-refractivity contribution >= 4 is 23.7 Å². The molecule has 0 fully saturated rings. The molecule has 0 radical (unpaired) electrons. The lowest BCUT2D eigenvalue weighted by atomic mass is 10.0. The van der Waals surface area contributed by atoms with E-state index in [1.54, 1.807) is 25.7 Å². The molecule has 0 aliphatic carbocycles. The molecule has 32 heavy (non-hydrogen) atoms. The second kappa shape index (κ2) is 9.85. The van der Waals surface area contributed by atoms with Gasteiger partial charge in [0.2, 0.25) is 5.91 Å². The van der Waals surface area contributed by atoms with Crippen molar-refractivity contribution in [2.45, 2.75) is 57.7 Å². The van der Waals surface area contributed by atoms with E-state index in [0.29, 0.717) is 12.8 Å². The molecule has 1 heterocycles. The van der Waals surface area contributed by atoms with Crippen LogP contribution in [-0.4, -0.2) is 42.8 Å². The molecule has 2 aromatic rings. The summed E-state index contributed by atoms with van der Waals surface area (Å²) < 4.78 is 10.3. The zero-order chi connectivity index (χ0) is 23.3. The highest BCUT2D eigenvalue weighted by Gasteiger charge is 2.39. The summed E-state index contributed by atoms with van der Waals surface area (Å²) in [6.45, 7) is 5.30. The van der Waals surface area contributed by atoms with Crippen LogP contribution in [0.5, 0.6) is 0 Å². The van der Waals surface area contributed by atoms with E-state index in [1.807, 2.05) is 54.6 Å². The Bertz CT molecular complexity index is 968. The Morgan fingerprint density at radius 1 is 1.06 bits per heavy atom. The fourth-order valence-corrected chi connectivity index (χ4v) is 3.87. The molecule has 3 rings (SSSR count). The first kappa shape index (κ1) is 23.3. The van der Waals surface area contributed by atoms with Crippen LogP contribution in [0.1, 0.15) is 38.3 Å². The lowest BCUT2D eigenvalue weighted by Crippen LogP contribution is -2.53. The van der Waals surface area contributed by atoms with Crippen LogP contribution >= 0.6 is 0 Å².